The van der Waals surface area contributed by atoms with E-state index in [1.807, 2.05) is 19.3 Å². The molecular formula is C13H19N5O. The molecule has 2 aromatic rings. The van der Waals surface area contributed by atoms with Gasteiger partial charge in [0.15, 0.2) is 0 Å². The molecule has 3 rings (SSSR count). The molecule has 0 aliphatic heterocycles. The average molecular weight is 261 g/mol. The number of hydrogen-bond acceptors (Lipinski definition) is 5. The fraction of sp³-hybridized carbons (Fsp3) is 0.615. The molecule has 0 bridgehead atoms. The highest BCUT2D eigenvalue weighted by atomic mass is 16.5. The third-order valence-electron chi connectivity index (χ3n) is 4.14. The summed E-state index contributed by atoms with van der Waals surface area (Å²) < 4.78 is 7.17. The molecule has 6 nitrogen and oxygen atoms in total. The lowest BCUT2D eigenvalue weighted by Gasteiger charge is -2.35. The van der Waals surface area contributed by atoms with Gasteiger partial charge >= 0.3 is 0 Å². The van der Waals surface area contributed by atoms with E-state index < -0.39 is 0 Å². The van der Waals surface area contributed by atoms with Gasteiger partial charge in [0.1, 0.15) is 5.69 Å². The van der Waals surface area contributed by atoms with Gasteiger partial charge in [-0.2, -0.15) is 10.1 Å². The van der Waals surface area contributed by atoms with Gasteiger partial charge in [0.25, 0.3) is 0 Å². The predicted octanol–water partition coefficient (Wildman–Crippen LogP) is 1.63. The van der Waals surface area contributed by atoms with E-state index in [1.54, 1.807) is 4.68 Å². The third kappa shape index (κ3) is 2.06. The summed E-state index contributed by atoms with van der Waals surface area (Å²) in [7, 11) is 1.86. The molecule has 19 heavy (non-hydrogen) atoms. The average Bonchev–Trinajstić information content (AvgIpc) is 3.01. The molecule has 0 saturated heterocycles. The number of rotatable bonds is 2. The van der Waals surface area contributed by atoms with E-state index in [0.29, 0.717) is 11.7 Å². The fourth-order valence-electron chi connectivity index (χ4n) is 2.72. The predicted molar refractivity (Wildman–Crippen MR) is 70.3 cm³/mol. The Bertz CT molecular complexity index is 575. The van der Waals surface area contributed by atoms with Gasteiger partial charge < -0.3 is 10.3 Å². The lowest BCUT2D eigenvalue weighted by atomic mass is 9.72. The third-order valence-corrected chi connectivity index (χ3v) is 4.14. The maximum Gasteiger partial charge on any atom is 0.234 e. The first-order valence-electron chi connectivity index (χ1n) is 6.69. The van der Waals surface area contributed by atoms with Gasteiger partial charge in [-0.05, 0) is 25.8 Å². The van der Waals surface area contributed by atoms with Crippen LogP contribution < -0.4 is 5.73 Å². The zero-order valence-electron chi connectivity index (χ0n) is 11.3. The van der Waals surface area contributed by atoms with Gasteiger partial charge in [-0.25, -0.2) is 0 Å². The molecule has 2 atom stereocenters. The molecule has 2 aromatic heterocycles. The zero-order valence-corrected chi connectivity index (χ0v) is 11.3. The molecule has 0 amide bonds. The Kier molecular flexibility index (Phi) is 2.89. The quantitative estimate of drug-likeness (QED) is 0.888. The molecule has 6 heteroatoms. The molecule has 0 radical (unpaired) electrons. The van der Waals surface area contributed by atoms with E-state index in [2.05, 4.69) is 22.2 Å². The lowest BCUT2D eigenvalue weighted by molar-refractivity contribution is 0.203. The summed E-state index contributed by atoms with van der Waals surface area (Å²) in [6.07, 6.45) is 6.21. The summed E-state index contributed by atoms with van der Waals surface area (Å²) in [6, 6.07) is 1.95. The first-order valence-corrected chi connectivity index (χ1v) is 6.69. The van der Waals surface area contributed by atoms with Crippen LogP contribution in [0, 0.1) is 0 Å². The lowest BCUT2D eigenvalue weighted by Crippen LogP contribution is -2.45. The second kappa shape index (κ2) is 4.45. The Balaban J connectivity index is 1.92. The fourth-order valence-corrected chi connectivity index (χ4v) is 2.72. The molecule has 2 unspecified atom stereocenters. The first kappa shape index (κ1) is 12.3. The molecule has 1 aliphatic carbocycles. The van der Waals surface area contributed by atoms with Crippen LogP contribution in [0.25, 0.3) is 11.5 Å². The second-order valence-corrected chi connectivity index (χ2v) is 5.57. The van der Waals surface area contributed by atoms with Crippen LogP contribution in [-0.4, -0.2) is 26.0 Å². The normalized spacial score (nSPS) is 27.6. The summed E-state index contributed by atoms with van der Waals surface area (Å²) in [5, 5.41) is 8.32. The Morgan fingerprint density at radius 3 is 3.00 bits per heavy atom. The van der Waals surface area contributed by atoms with Crippen LogP contribution in [0.5, 0.6) is 0 Å². The van der Waals surface area contributed by atoms with E-state index in [-0.39, 0.29) is 11.5 Å². The van der Waals surface area contributed by atoms with E-state index in [4.69, 9.17) is 10.3 Å². The Labute approximate surface area is 112 Å². The van der Waals surface area contributed by atoms with Crippen LogP contribution in [0.15, 0.2) is 16.8 Å². The van der Waals surface area contributed by atoms with Crippen LogP contribution >= 0.6 is 0 Å². The van der Waals surface area contributed by atoms with Gasteiger partial charge in [-0.3, -0.25) is 4.68 Å². The molecule has 2 N–H and O–H groups in total. The molecular weight excluding hydrogens is 242 g/mol. The highest BCUT2D eigenvalue weighted by Gasteiger charge is 2.40. The number of aromatic nitrogens is 4. The molecule has 102 valence electrons. The Morgan fingerprint density at radius 1 is 1.47 bits per heavy atom. The van der Waals surface area contributed by atoms with Crippen LogP contribution in [0.1, 0.15) is 38.5 Å². The summed E-state index contributed by atoms with van der Waals surface area (Å²) in [5.41, 5.74) is 6.77. The van der Waals surface area contributed by atoms with Gasteiger partial charge in [0, 0.05) is 19.3 Å². The highest BCUT2D eigenvalue weighted by Crippen LogP contribution is 2.37. The Hall–Kier alpha value is -1.69. The highest BCUT2D eigenvalue weighted by molar-refractivity contribution is 5.47. The van der Waals surface area contributed by atoms with Gasteiger partial charge in [-0.1, -0.05) is 18.0 Å². The van der Waals surface area contributed by atoms with Crippen LogP contribution in [0.2, 0.25) is 0 Å². The minimum absolute atomic E-state index is 0.0817. The smallest absolute Gasteiger partial charge is 0.234 e. The topological polar surface area (TPSA) is 82.8 Å². The van der Waals surface area contributed by atoms with Crippen molar-refractivity contribution < 1.29 is 4.52 Å². The summed E-state index contributed by atoms with van der Waals surface area (Å²) in [5.74, 6) is 1.18. The zero-order chi connectivity index (χ0) is 13.5. The van der Waals surface area contributed by atoms with Crippen molar-refractivity contribution in [3.63, 3.8) is 0 Å². The largest absolute Gasteiger partial charge is 0.338 e. The second-order valence-electron chi connectivity index (χ2n) is 5.57. The van der Waals surface area contributed by atoms with Crippen molar-refractivity contribution in [3.05, 3.63) is 18.2 Å². The molecule has 1 saturated carbocycles. The minimum Gasteiger partial charge on any atom is -0.338 e. The Morgan fingerprint density at radius 2 is 2.32 bits per heavy atom. The van der Waals surface area contributed by atoms with E-state index >= 15 is 0 Å². The van der Waals surface area contributed by atoms with E-state index in [9.17, 15) is 0 Å². The SMILES string of the molecule is Cn1ccc(-c2noc(C3(C)CCCCC3N)n2)n1. The van der Waals surface area contributed by atoms with Crippen molar-refractivity contribution in [2.45, 2.75) is 44.1 Å². The van der Waals surface area contributed by atoms with Crippen molar-refractivity contribution in [2.75, 3.05) is 0 Å². The number of nitrogens with two attached hydrogens (primary N) is 1. The first-order chi connectivity index (χ1) is 9.09. The maximum absolute atomic E-state index is 6.25. The summed E-state index contributed by atoms with van der Waals surface area (Å²) >= 11 is 0. The minimum atomic E-state index is -0.210. The van der Waals surface area contributed by atoms with Crippen LogP contribution in [-0.2, 0) is 12.5 Å². The van der Waals surface area contributed by atoms with E-state index in [1.165, 1.54) is 6.42 Å². The van der Waals surface area contributed by atoms with Crippen LogP contribution in [0.3, 0.4) is 0 Å². The van der Waals surface area contributed by atoms with Crippen LogP contribution in [0.4, 0.5) is 0 Å². The number of aryl methyl sites for hydroxylation is 1. The molecule has 0 spiro atoms. The monoisotopic (exact) mass is 261 g/mol. The molecule has 1 aliphatic rings. The number of nitrogens with zero attached hydrogens (tertiary/aromatic N) is 4. The van der Waals surface area contributed by atoms with Crippen molar-refractivity contribution >= 4 is 0 Å². The van der Waals surface area contributed by atoms with Crippen molar-refractivity contribution in [1.29, 1.82) is 0 Å². The van der Waals surface area contributed by atoms with Gasteiger partial charge in [0.2, 0.25) is 11.7 Å². The molecule has 0 aromatic carbocycles. The number of hydrogen-bond donors (Lipinski definition) is 1. The molecule has 1 fully saturated rings. The van der Waals surface area contributed by atoms with Crippen molar-refractivity contribution in [3.8, 4) is 11.5 Å². The standard InChI is InChI=1S/C13H19N5O/c1-13(7-4-3-5-10(13)14)12-15-11(17-19-12)9-6-8-18(2)16-9/h6,8,10H,3-5,7,14H2,1-2H3. The van der Waals surface area contributed by atoms with Crippen molar-refractivity contribution in [2.24, 2.45) is 12.8 Å². The molecule has 2 heterocycles. The summed E-state index contributed by atoms with van der Waals surface area (Å²) in [6.45, 7) is 2.12. The summed E-state index contributed by atoms with van der Waals surface area (Å²) in [4.78, 5) is 4.51. The van der Waals surface area contributed by atoms with Crippen molar-refractivity contribution in [1.82, 2.24) is 19.9 Å². The maximum atomic E-state index is 6.25. The van der Waals surface area contributed by atoms with Gasteiger partial charge in [0.05, 0.1) is 5.41 Å². The van der Waals surface area contributed by atoms with E-state index in [0.717, 1.165) is 25.0 Å². The van der Waals surface area contributed by atoms with Gasteiger partial charge in [-0.15, -0.1) is 0 Å².